The molecule has 7 heteroatoms. The third-order valence-electron chi connectivity index (χ3n) is 6.20. The second kappa shape index (κ2) is 9.73. The van der Waals surface area contributed by atoms with Crippen LogP contribution >= 0.6 is 0 Å². The summed E-state index contributed by atoms with van der Waals surface area (Å²) >= 11 is 0. The fourth-order valence-corrected chi connectivity index (χ4v) is 6.44. The maximum atomic E-state index is 13.1. The first-order valence-electron chi connectivity index (χ1n) is 11.8. The van der Waals surface area contributed by atoms with E-state index in [1.165, 1.54) is 0 Å². The van der Waals surface area contributed by atoms with Gasteiger partial charge >= 0.3 is 0 Å². The number of rotatable bonds is 6. The van der Waals surface area contributed by atoms with Gasteiger partial charge in [-0.15, -0.1) is 0 Å². The number of amides is 1. The zero-order valence-corrected chi connectivity index (χ0v) is 21.4. The number of hydrogen-bond donors (Lipinski definition) is 2. The molecule has 36 heavy (non-hydrogen) atoms. The zero-order valence-electron chi connectivity index (χ0n) is 20.6. The van der Waals surface area contributed by atoms with Gasteiger partial charge in [-0.1, -0.05) is 54.6 Å². The van der Waals surface area contributed by atoms with Crippen LogP contribution in [0.1, 0.15) is 56.2 Å². The van der Waals surface area contributed by atoms with Crippen LogP contribution in [0.2, 0.25) is 0 Å². The average Bonchev–Trinajstić information content (AvgIpc) is 3.28. The van der Waals surface area contributed by atoms with Crippen molar-refractivity contribution in [2.75, 3.05) is 0 Å². The van der Waals surface area contributed by atoms with E-state index in [9.17, 15) is 18.5 Å². The van der Waals surface area contributed by atoms with Gasteiger partial charge in [0.2, 0.25) is 15.9 Å². The molecule has 0 saturated carbocycles. The monoisotopic (exact) mass is 499 g/mol. The van der Waals surface area contributed by atoms with E-state index in [1.807, 2.05) is 36.4 Å². The van der Waals surface area contributed by atoms with Crippen LogP contribution in [0.5, 0.6) is 0 Å². The molecule has 1 amide bonds. The molecular weight excluding hydrogens is 470 g/mol. The summed E-state index contributed by atoms with van der Waals surface area (Å²) in [5.41, 5.74) is 10.3. The molecule has 0 spiro atoms. The van der Waals surface area contributed by atoms with Gasteiger partial charge in [-0.05, 0) is 74.1 Å². The van der Waals surface area contributed by atoms with Gasteiger partial charge in [0.15, 0.2) is 0 Å². The lowest BCUT2D eigenvalue weighted by molar-refractivity contribution is -0.114. The van der Waals surface area contributed by atoms with Crippen molar-refractivity contribution in [2.45, 2.75) is 50.0 Å². The summed E-state index contributed by atoms with van der Waals surface area (Å²) in [7, 11) is -3.73. The standard InChI is InChI=1S/C29H29N3O3S/c1-29(2,3)32-36(34,35)26-10-5-4-9-23(26)20-11-13-21(14-12-20)24-15-16-25(28(31)33)27(24)22-8-6-7-19(17-22)18-30/h4-14,17,24,32H,15-16H2,1-3H3,(H2,31,33). The number of benzene rings is 3. The molecule has 0 heterocycles. The molecule has 1 aliphatic carbocycles. The van der Waals surface area contributed by atoms with Gasteiger partial charge in [0.05, 0.1) is 16.5 Å². The van der Waals surface area contributed by atoms with Crippen LogP contribution in [-0.2, 0) is 14.8 Å². The normalized spacial score (nSPS) is 16.1. The van der Waals surface area contributed by atoms with Crippen LogP contribution in [0.3, 0.4) is 0 Å². The highest BCUT2D eigenvalue weighted by Crippen LogP contribution is 2.45. The minimum atomic E-state index is -3.73. The maximum absolute atomic E-state index is 13.1. The molecule has 184 valence electrons. The summed E-state index contributed by atoms with van der Waals surface area (Å²) < 4.78 is 28.9. The van der Waals surface area contributed by atoms with Crippen LogP contribution in [0.4, 0.5) is 0 Å². The summed E-state index contributed by atoms with van der Waals surface area (Å²) in [5, 5.41) is 9.34. The van der Waals surface area contributed by atoms with E-state index in [-0.39, 0.29) is 10.8 Å². The molecular formula is C29H29N3O3S. The highest BCUT2D eigenvalue weighted by Gasteiger charge is 2.31. The lowest BCUT2D eigenvalue weighted by Gasteiger charge is -2.22. The van der Waals surface area contributed by atoms with Crippen molar-refractivity contribution in [1.29, 1.82) is 5.26 Å². The predicted octanol–water partition coefficient (Wildman–Crippen LogP) is 5.12. The van der Waals surface area contributed by atoms with Gasteiger partial charge < -0.3 is 5.73 Å². The molecule has 3 aromatic carbocycles. The number of nitriles is 1. The van der Waals surface area contributed by atoms with Crippen LogP contribution in [0.25, 0.3) is 16.7 Å². The Morgan fingerprint density at radius 2 is 1.69 bits per heavy atom. The number of allylic oxidation sites excluding steroid dienone is 1. The van der Waals surface area contributed by atoms with Crippen LogP contribution in [-0.4, -0.2) is 19.9 Å². The Balaban J connectivity index is 1.73. The second-order valence-corrected chi connectivity index (χ2v) is 11.7. The molecule has 3 aromatic rings. The molecule has 0 aliphatic heterocycles. The molecule has 0 fully saturated rings. The van der Waals surface area contributed by atoms with Gasteiger partial charge in [0.25, 0.3) is 0 Å². The van der Waals surface area contributed by atoms with E-state index in [0.29, 0.717) is 23.1 Å². The number of nitrogens with zero attached hydrogens (tertiary/aromatic N) is 1. The SMILES string of the molecule is CC(C)(C)NS(=O)(=O)c1ccccc1-c1ccc(C2CCC(C(N)=O)=C2c2cccc(C#N)c2)cc1. The first-order chi connectivity index (χ1) is 17.0. The third kappa shape index (κ3) is 5.25. The molecule has 0 bridgehead atoms. The molecule has 4 rings (SSSR count). The molecule has 1 unspecified atom stereocenters. The molecule has 0 aromatic heterocycles. The Labute approximate surface area is 212 Å². The molecule has 1 atom stereocenters. The number of primary amides is 1. The number of carbonyl (C=O) groups excluding carboxylic acids is 1. The van der Waals surface area contributed by atoms with E-state index in [2.05, 4.69) is 10.8 Å². The molecule has 0 saturated heterocycles. The predicted molar refractivity (Wildman–Crippen MR) is 141 cm³/mol. The Hall–Kier alpha value is -3.73. The fourth-order valence-electron chi connectivity index (χ4n) is 4.79. The largest absolute Gasteiger partial charge is 0.366 e. The fraction of sp³-hybridized carbons (Fsp3) is 0.241. The topological polar surface area (TPSA) is 113 Å². The highest BCUT2D eigenvalue weighted by atomic mass is 32.2. The average molecular weight is 500 g/mol. The Morgan fingerprint density at radius 3 is 2.33 bits per heavy atom. The van der Waals surface area contributed by atoms with Crippen LogP contribution in [0, 0.1) is 11.3 Å². The summed E-state index contributed by atoms with van der Waals surface area (Å²) in [6.45, 7) is 5.42. The summed E-state index contributed by atoms with van der Waals surface area (Å²) in [6.07, 6.45) is 1.29. The van der Waals surface area contributed by atoms with Crippen molar-refractivity contribution in [3.05, 3.63) is 95.1 Å². The highest BCUT2D eigenvalue weighted by molar-refractivity contribution is 7.89. The number of hydrogen-bond acceptors (Lipinski definition) is 4. The van der Waals surface area contributed by atoms with Gasteiger partial charge in [-0.2, -0.15) is 5.26 Å². The number of nitrogens with two attached hydrogens (primary N) is 1. The minimum absolute atomic E-state index is 0.0583. The first-order valence-corrected chi connectivity index (χ1v) is 13.3. The van der Waals surface area contributed by atoms with Crippen molar-refractivity contribution in [1.82, 2.24) is 4.72 Å². The maximum Gasteiger partial charge on any atom is 0.244 e. The number of sulfonamides is 1. The number of carbonyl (C=O) groups is 1. The van der Waals surface area contributed by atoms with Gasteiger partial charge in [-0.25, -0.2) is 13.1 Å². The Kier molecular flexibility index (Phi) is 6.85. The first kappa shape index (κ1) is 25.4. The van der Waals surface area contributed by atoms with E-state index < -0.39 is 21.5 Å². The van der Waals surface area contributed by atoms with Crippen molar-refractivity contribution in [3.8, 4) is 17.2 Å². The smallest absolute Gasteiger partial charge is 0.244 e. The van der Waals surface area contributed by atoms with E-state index in [0.717, 1.165) is 28.7 Å². The van der Waals surface area contributed by atoms with E-state index in [1.54, 1.807) is 57.2 Å². The quantitative estimate of drug-likeness (QED) is 0.490. The van der Waals surface area contributed by atoms with Gasteiger partial charge in [0, 0.05) is 22.6 Å². The Bertz CT molecular complexity index is 1490. The van der Waals surface area contributed by atoms with Crippen LogP contribution in [0.15, 0.2) is 83.3 Å². The van der Waals surface area contributed by atoms with Crippen molar-refractivity contribution < 1.29 is 13.2 Å². The third-order valence-corrected chi connectivity index (χ3v) is 8.01. The molecule has 6 nitrogen and oxygen atoms in total. The van der Waals surface area contributed by atoms with Crippen molar-refractivity contribution >= 4 is 21.5 Å². The van der Waals surface area contributed by atoms with E-state index in [4.69, 9.17) is 5.73 Å². The summed E-state index contributed by atoms with van der Waals surface area (Å²) in [6, 6.07) is 24.1. The molecule has 1 aliphatic rings. The van der Waals surface area contributed by atoms with Gasteiger partial charge in [-0.3, -0.25) is 4.79 Å². The summed E-state index contributed by atoms with van der Waals surface area (Å²) in [5.74, 6) is -0.506. The van der Waals surface area contributed by atoms with E-state index >= 15 is 0 Å². The summed E-state index contributed by atoms with van der Waals surface area (Å²) in [4.78, 5) is 12.4. The van der Waals surface area contributed by atoms with Crippen LogP contribution < -0.4 is 10.5 Å². The number of nitrogens with one attached hydrogen (secondary N) is 1. The minimum Gasteiger partial charge on any atom is -0.366 e. The van der Waals surface area contributed by atoms with Crippen molar-refractivity contribution in [2.24, 2.45) is 5.73 Å². The lowest BCUT2D eigenvalue weighted by Crippen LogP contribution is -2.40. The zero-order chi connectivity index (χ0) is 26.1. The second-order valence-electron chi connectivity index (χ2n) is 10.0. The Morgan fingerprint density at radius 1 is 1.00 bits per heavy atom. The lowest BCUT2D eigenvalue weighted by atomic mass is 9.86. The molecule has 0 radical (unpaired) electrons. The van der Waals surface area contributed by atoms with Crippen molar-refractivity contribution in [3.63, 3.8) is 0 Å². The van der Waals surface area contributed by atoms with Gasteiger partial charge in [0.1, 0.15) is 0 Å². The molecule has 3 N–H and O–H groups in total.